The van der Waals surface area contributed by atoms with Gasteiger partial charge in [0, 0.05) is 13.1 Å². The second kappa shape index (κ2) is 7.01. The van der Waals surface area contributed by atoms with Crippen molar-refractivity contribution in [2.24, 2.45) is 0 Å². The number of carboxylic acids is 1. The van der Waals surface area contributed by atoms with Crippen LogP contribution in [0.4, 0.5) is 10.5 Å². The van der Waals surface area contributed by atoms with Crippen LogP contribution < -0.4 is 5.32 Å². The highest BCUT2D eigenvalue weighted by Gasteiger charge is 2.15. The first kappa shape index (κ1) is 14.5. The van der Waals surface area contributed by atoms with Gasteiger partial charge in [-0.2, -0.15) is 5.26 Å². The molecule has 19 heavy (non-hydrogen) atoms. The summed E-state index contributed by atoms with van der Waals surface area (Å²) in [6.07, 6.45) is 0.238. The van der Waals surface area contributed by atoms with E-state index in [-0.39, 0.29) is 17.7 Å². The molecule has 0 spiro atoms. The quantitative estimate of drug-likeness (QED) is 0.849. The van der Waals surface area contributed by atoms with Crippen molar-refractivity contribution in [1.29, 1.82) is 5.26 Å². The number of nitrogens with zero attached hydrogens (tertiary/aromatic N) is 2. The maximum absolute atomic E-state index is 11.9. The van der Waals surface area contributed by atoms with Gasteiger partial charge < -0.3 is 15.3 Å². The normalized spacial score (nSPS) is 9.47. The fourth-order valence-corrected chi connectivity index (χ4v) is 1.56. The number of carbonyl (C=O) groups excluding carboxylic acids is 1. The first-order valence-electron chi connectivity index (χ1n) is 5.85. The SMILES string of the molecule is CCN(CCC#N)C(=O)Nc1ccccc1C(=O)O. The van der Waals surface area contributed by atoms with Crippen LogP contribution in [0.25, 0.3) is 0 Å². The number of aromatic carboxylic acids is 1. The molecule has 0 unspecified atom stereocenters. The summed E-state index contributed by atoms with van der Waals surface area (Å²) in [5, 5.41) is 20.1. The molecule has 0 radical (unpaired) electrons. The van der Waals surface area contributed by atoms with E-state index < -0.39 is 12.0 Å². The summed E-state index contributed by atoms with van der Waals surface area (Å²) < 4.78 is 0. The summed E-state index contributed by atoms with van der Waals surface area (Å²) in [6.45, 7) is 2.55. The van der Waals surface area contributed by atoms with Crippen molar-refractivity contribution < 1.29 is 14.7 Å². The molecule has 0 aromatic heterocycles. The summed E-state index contributed by atoms with van der Waals surface area (Å²) in [5.41, 5.74) is 0.280. The van der Waals surface area contributed by atoms with Crippen LogP contribution in [0.2, 0.25) is 0 Å². The number of urea groups is 1. The van der Waals surface area contributed by atoms with Crippen LogP contribution in [-0.2, 0) is 0 Å². The van der Waals surface area contributed by atoms with E-state index in [0.29, 0.717) is 13.1 Å². The standard InChI is InChI=1S/C13H15N3O3/c1-2-16(9-5-8-14)13(19)15-11-7-4-3-6-10(11)12(17)18/h3-4,6-7H,2,5,9H2,1H3,(H,15,19)(H,17,18). The Morgan fingerprint density at radius 2 is 2.11 bits per heavy atom. The average molecular weight is 261 g/mol. The Morgan fingerprint density at radius 1 is 1.42 bits per heavy atom. The van der Waals surface area contributed by atoms with Crippen LogP contribution in [-0.4, -0.2) is 35.1 Å². The summed E-state index contributed by atoms with van der Waals surface area (Å²) in [4.78, 5) is 24.4. The molecule has 0 aliphatic rings. The van der Waals surface area contributed by atoms with E-state index in [0.717, 1.165) is 0 Å². The Hall–Kier alpha value is -2.55. The van der Waals surface area contributed by atoms with E-state index >= 15 is 0 Å². The van der Waals surface area contributed by atoms with Crippen molar-refractivity contribution >= 4 is 17.7 Å². The number of carbonyl (C=O) groups is 2. The molecule has 2 N–H and O–H groups in total. The van der Waals surface area contributed by atoms with Crippen molar-refractivity contribution in [3.63, 3.8) is 0 Å². The number of anilines is 1. The fourth-order valence-electron chi connectivity index (χ4n) is 1.56. The van der Waals surface area contributed by atoms with Crippen molar-refractivity contribution in [2.45, 2.75) is 13.3 Å². The minimum absolute atomic E-state index is 0.0344. The van der Waals surface area contributed by atoms with Gasteiger partial charge in [0.15, 0.2) is 0 Å². The van der Waals surface area contributed by atoms with Gasteiger partial charge in [0.05, 0.1) is 23.7 Å². The maximum Gasteiger partial charge on any atom is 0.337 e. The van der Waals surface area contributed by atoms with Gasteiger partial charge in [-0.1, -0.05) is 12.1 Å². The van der Waals surface area contributed by atoms with Crippen LogP contribution in [0, 0.1) is 11.3 Å². The lowest BCUT2D eigenvalue weighted by Gasteiger charge is -2.20. The predicted molar refractivity (Wildman–Crippen MR) is 69.9 cm³/mol. The summed E-state index contributed by atoms with van der Waals surface area (Å²) in [5.74, 6) is -1.10. The number of carboxylic acid groups (broad SMARTS) is 1. The third-order valence-electron chi connectivity index (χ3n) is 2.56. The maximum atomic E-state index is 11.9. The largest absolute Gasteiger partial charge is 0.478 e. The number of hydrogen-bond acceptors (Lipinski definition) is 3. The molecule has 0 heterocycles. The molecule has 0 saturated carbocycles. The van der Waals surface area contributed by atoms with Crippen LogP contribution in [0.5, 0.6) is 0 Å². The molecule has 0 fully saturated rings. The van der Waals surface area contributed by atoms with Gasteiger partial charge in [-0.15, -0.1) is 0 Å². The number of para-hydroxylation sites is 1. The lowest BCUT2D eigenvalue weighted by atomic mass is 10.2. The monoisotopic (exact) mass is 261 g/mol. The minimum Gasteiger partial charge on any atom is -0.478 e. The number of nitriles is 1. The highest BCUT2D eigenvalue weighted by molar-refractivity contribution is 5.99. The Bertz CT molecular complexity index is 508. The molecule has 0 aliphatic carbocycles. The molecule has 6 heteroatoms. The van der Waals surface area contributed by atoms with E-state index in [1.165, 1.54) is 17.0 Å². The summed E-state index contributed by atoms with van der Waals surface area (Å²) in [7, 11) is 0. The number of hydrogen-bond donors (Lipinski definition) is 2. The second-order valence-electron chi connectivity index (χ2n) is 3.77. The third kappa shape index (κ3) is 4.00. The van der Waals surface area contributed by atoms with Gasteiger partial charge in [-0.05, 0) is 19.1 Å². The van der Waals surface area contributed by atoms with Crippen LogP contribution in [0.3, 0.4) is 0 Å². The first-order valence-corrected chi connectivity index (χ1v) is 5.85. The summed E-state index contributed by atoms with van der Waals surface area (Å²) >= 11 is 0. The highest BCUT2D eigenvalue weighted by atomic mass is 16.4. The van der Waals surface area contributed by atoms with E-state index in [2.05, 4.69) is 5.32 Å². The molecule has 100 valence electrons. The number of benzene rings is 1. The van der Waals surface area contributed by atoms with Crippen molar-refractivity contribution in [1.82, 2.24) is 4.90 Å². The zero-order valence-electron chi connectivity index (χ0n) is 10.6. The number of nitrogens with one attached hydrogen (secondary N) is 1. The molecular weight excluding hydrogens is 246 g/mol. The second-order valence-corrected chi connectivity index (χ2v) is 3.77. The zero-order chi connectivity index (χ0) is 14.3. The molecule has 2 amide bonds. The van der Waals surface area contributed by atoms with Gasteiger partial charge in [0.2, 0.25) is 0 Å². The molecule has 1 rings (SSSR count). The number of amides is 2. The Labute approximate surface area is 111 Å². The molecular formula is C13H15N3O3. The topological polar surface area (TPSA) is 93.4 Å². The van der Waals surface area contributed by atoms with Gasteiger partial charge >= 0.3 is 12.0 Å². The molecule has 0 aliphatic heterocycles. The fraction of sp³-hybridized carbons (Fsp3) is 0.308. The molecule has 0 saturated heterocycles. The molecule has 1 aromatic carbocycles. The molecule has 0 bridgehead atoms. The van der Waals surface area contributed by atoms with Crippen LogP contribution in [0.15, 0.2) is 24.3 Å². The van der Waals surface area contributed by atoms with E-state index in [1.54, 1.807) is 19.1 Å². The Morgan fingerprint density at radius 3 is 2.68 bits per heavy atom. The van der Waals surface area contributed by atoms with Gasteiger partial charge in [-0.3, -0.25) is 0 Å². The average Bonchev–Trinajstić information content (AvgIpc) is 2.40. The smallest absolute Gasteiger partial charge is 0.337 e. The molecule has 6 nitrogen and oxygen atoms in total. The summed E-state index contributed by atoms with van der Waals surface area (Å²) in [6, 6.07) is 7.74. The van der Waals surface area contributed by atoms with E-state index in [4.69, 9.17) is 10.4 Å². The van der Waals surface area contributed by atoms with Gasteiger partial charge in [0.25, 0.3) is 0 Å². The molecule has 1 aromatic rings. The Balaban J connectivity index is 2.81. The predicted octanol–water partition coefficient (Wildman–Crippen LogP) is 2.15. The number of rotatable bonds is 5. The van der Waals surface area contributed by atoms with E-state index in [9.17, 15) is 9.59 Å². The first-order chi connectivity index (χ1) is 9.10. The zero-order valence-corrected chi connectivity index (χ0v) is 10.6. The van der Waals surface area contributed by atoms with Crippen molar-refractivity contribution in [2.75, 3.05) is 18.4 Å². The lowest BCUT2D eigenvalue weighted by molar-refractivity contribution is 0.0698. The third-order valence-corrected chi connectivity index (χ3v) is 2.56. The highest BCUT2D eigenvalue weighted by Crippen LogP contribution is 2.15. The van der Waals surface area contributed by atoms with Crippen molar-refractivity contribution in [3.8, 4) is 6.07 Å². The Kier molecular flexibility index (Phi) is 5.35. The van der Waals surface area contributed by atoms with Crippen LogP contribution in [0.1, 0.15) is 23.7 Å². The van der Waals surface area contributed by atoms with Gasteiger partial charge in [0.1, 0.15) is 0 Å². The van der Waals surface area contributed by atoms with Crippen LogP contribution >= 0.6 is 0 Å². The van der Waals surface area contributed by atoms with Gasteiger partial charge in [-0.25, -0.2) is 9.59 Å². The van der Waals surface area contributed by atoms with Crippen molar-refractivity contribution in [3.05, 3.63) is 29.8 Å². The lowest BCUT2D eigenvalue weighted by Crippen LogP contribution is -2.35. The van der Waals surface area contributed by atoms with E-state index in [1.807, 2.05) is 6.07 Å². The molecule has 0 atom stereocenters. The minimum atomic E-state index is -1.10.